The Morgan fingerprint density at radius 1 is 1.78 bits per heavy atom. The fourth-order valence-electron chi connectivity index (χ4n) is 0.362. The summed E-state index contributed by atoms with van der Waals surface area (Å²) in [7, 11) is 0. The van der Waals surface area contributed by atoms with Gasteiger partial charge >= 0.3 is 6.61 Å². The average molecular weight is 133 g/mol. The lowest BCUT2D eigenvalue weighted by Crippen LogP contribution is -2.02. The van der Waals surface area contributed by atoms with Gasteiger partial charge in [0.25, 0.3) is 6.01 Å². The number of rotatable bonds is 2. The maximum absolute atomic E-state index is 11.3. The smallest absolute Gasteiger partial charge is 0.389 e. The Hall–Kier alpha value is -1.13. The number of halogens is 2. The number of alkyl halides is 2. The van der Waals surface area contributed by atoms with E-state index in [-0.39, 0.29) is 6.01 Å². The molecule has 0 aromatic carbocycles. The minimum atomic E-state index is -2.83. The molecule has 1 heterocycles. The second kappa shape index (κ2) is 2.43. The summed E-state index contributed by atoms with van der Waals surface area (Å²) >= 11 is 0. The van der Waals surface area contributed by atoms with Crippen LogP contribution >= 0.6 is 0 Å². The van der Waals surface area contributed by atoms with Crippen LogP contribution in [0.2, 0.25) is 0 Å². The maximum atomic E-state index is 11.3. The van der Waals surface area contributed by atoms with Crippen LogP contribution in [0.25, 0.3) is 0 Å². The minimum Gasteiger partial charge on any atom is -0.402 e. The summed E-state index contributed by atoms with van der Waals surface area (Å²) in [5.41, 5.74) is 0. The molecule has 1 radical (unpaired) electrons. The van der Waals surface area contributed by atoms with E-state index < -0.39 is 6.61 Å². The predicted molar refractivity (Wildman–Crippen MR) is 24.1 cm³/mol. The van der Waals surface area contributed by atoms with Crippen molar-refractivity contribution in [3.05, 3.63) is 12.4 Å². The number of ether oxygens (including phenoxy) is 1. The minimum absolute atomic E-state index is 0.218. The molecule has 49 valence electrons. The van der Waals surface area contributed by atoms with E-state index in [0.29, 0.717) is 0 Å². The normalized spacial score (nSPS) is 10.1. The fraction of sp³-hybridized carbons (Fsp3) is 0.250. The van der Waals surface area contributed by atoms with Crippen LogP contribution in [0.4, 0.5) is 8.78 Å². The number of aromatic amines is 1. The molecule has 1 aromatic rings. The molecule has 0 saturated carbocycles. The molecule has 9 heavy (non-hydrogen) atoms. The molecule has 0 atom stereocenters. The summed E-state index contributed by atoms with van der Waals surface area (Å²) in [6.45, 7) is -2.83. The van der Waals surface area contributed by atoms with Crippen LogP contribution in [0.1, 0.15) is 0 Å². The second-order valence-electron chi connectivity index (χ2n) is 1.21. The van der Waals surface area contributed by atoms with E-state index in [1.165, 1.54) is 6.20 Å². The quantitative estimate of drug-likeness (QED) is 0.648. The van der Waals surface area contributed by atoms with Gasteiger partial charge < -0.3 is 9.72 Å². The Bertz CT molecular complexity index is 163. The third-order valence-corrected chi connectivity index (χ3v) is 0.627. The molecular weight excluding hydrogens is 130 g/mol. The Morgan fingerprint density at radius 2 is 2.56 bits per heavy atom. The van der Waals surface area contributed by atoms with Gasteiger partial charge in [0, 0.05) is 6.20 Å². The lowest BCUT2D eigenvalue weighted by molar-refractivity contribution is -0.0555. The van der Waals surface area contributed by atoms with Crippen molar-refractivity contribution in [3.8, 4) is 6.01 Å². The van der Waals surface area contributed by atoms with Crippen LogP contribution in [-0.4, -0.2) is 16.6 Å². The van der Waals surface area contributed by atoms with Crippen LogP contribution in [-0.2, 0) is 0 Å². The molecule has 0 spiro atoms. The molecule has 0 unspecified atom stereocenters. The first-order valence-electron chi connectivity index (χ1n) is 2.15. The summed E-state index contributed by atoms with van der Waals surface area (Å²) in [6, 6.07) is -0.218. The van der Waals surface area contributed by atoms with Crippen molar-refractivity contribution < 1.29 is 13.5 Å². The van der Waals surface area contributed by atoms with E-state index in [1.54, 1.807) is 0 Å². The molecule has 0 saturated heterocycles. The lowest BCUT2D eigenvalue weighted by atomic mass is 11.0. The molecule has 5 heteroatoms. The standard InChI is InChI=1S/C4H3F2N2O/c5-3(6)9-4-7-1-2-8-4/h1,3H,(H,7,8). The number of hydrogen-bond donors (Lipinski definition) is 1. The molecule has 0 amide bonds. The molecule has 0 aliphatic carbocycles. The monoisotopic (exact) mass is 133 g/mol. The van der Waals surface area contributed by atoms with Crippen molar-refractivity contribution in [1.82, 2.24) is 9.97 Å². The summed E-state index contributed by atoms with van der Waals surface area (Å²) in [6.07, 6.45) is 3.55. The summed E-state index contributed by atoms with van der Waals surface area (Å²) < 4.78 is 26.4. The van der Waals surface area contributed by atoms with E-state index in [0.717, 1.165) is 0 Å². The Balaban J connectivity index is 2.48. The number of nitrogens with one attached hydrogen (secondary N) is 1. The Kier molecular flexibility index (Phi) is 1.62. The van der Waals surface area contributed by atoms with Crippen molar-refractivity contribution >= 4 is 0 Å². The van der Waals surface area contributed by atoms with Crippen molar-refractivity contribution in [3.63, 3.8) is 0 Å². The Morgan fingerprint density at radius 3 is 3.00 bits per heavy atom. The number of nitrogens with zero attached hydrogens (tertiary/aromatic N) is 1. The summed E-state index contributed by atoms with van der Waals surface area (Å²) in [5.74, 6) is 0. The van der Waals surface area contributed by atoms with Crippen molar-refractivity contribution in [1.29, 1.82) is 0 Å². The topological polar surface area (TPSA) is 37.9 Å². The van der Waals surface area contributed by atoms with Crippen LogP contribution in [0.5, 0.6) is 6.01 Å². The fourth-order valence-corrected chi connectivity index (χ4v) is 0.362. The lowest BCUT2D eigenvalue weighted by Gasteiger charge is -1.96. The van der Waals surface area contributed by atoms with Gasteiger partial charge in [-0.2, -0.15) is 13.8 Å². The zero-order chi connectivity index (χ0) is 6.69. The predicted octanol–water partition coefficient (Wildman–Crippen LogP) is 0.811. The van der Waals surface area contributed by atoms with Crippen LogP contribution in [0.3, 0.4) is 0 Å². The molecule has 0 fully saturated rings. The van der Waals surface area contributed by atoms with E-state index in [9.17, 15) is 8.78 Å². The highest BCUT2D eigenvalue weighted by Crippen LogP contribution is 2.03. The molecule has 1 N–H and O–H groups in total. The number of aromatic nitrogens is 2. The van der Waals surface area contributed by atoms with Crippen LogP contribution in [0.15, 0.2) is 6.20 Å². The van der Waals surface area contributed by atoms with Gasteiger partial charge in [0.1, 0.15) is 6.20 Å². The van der Waals surface area contributed by atoms with Gasteiger partial charge in [-0.15, -0.1) is 0 Å². The SMILES string of the molecule is FC(F)Oc1n[c]c[nH]1. The third kappa shape index (κ3) is 1.67. The molecule has 1 aromatic heterocycles. The number of imidazole rings is 1. The average Bonchev–Trinajstić information content (AvgIpc) is 2.15. The van der Waals surface area contributed by atoms with Gasteiger partial charge in [-0.1, -0.05) is 0 Å². The van der Waals surface area contributed by atoms with Crippen LogP contribution in [0, 0.1) is 6.20 Å². The first-order valence-corrected chi connectivity index (χ1v) is 2.15. The van der Waals surface area contributed by atoms with E-state index in [2.05, 4.69) is 20.9 Å². The number of hydrogen-bond acceptors (Lipinski definition) is 2. The van der Waals surface area contributed by atoms with E-state index in [1.807, 2.05) is 0 Å². The van der Waals surface area contributed by atoms with Gasteiger partial charge in [-0.05, 0) is 0 Å². The molecule has 1 rings (SSSR count). The van der Waals surface area contributed by atoms with E-state index >= 15 is 0 Å². The zero-order valence-electron chi connectivity index (χ0n) is 4.27. The second-order valence-corrected chi connectivity index (χ2v) is 1.21. The van der Waals surface area contributed by atoms with Gasteiger partial charge in [-0.3, -0.25) is 0 Å². The molecular formula is C4H3F2N2O. The Labute approximate surface area is 49.7 Å². The maximum Gasteiger partial charge on any atom is 0.389 e. The van der Waals surface area contributed by atoms with Crippen molar-refractivity contribution in [2.24, 2.45) is 0 Å². The largest absolute Gasteiger partial charge is 0.402 e. The van der Waals surface area contributed by atoms with Crippen LogP contribution < -0.4 is 4.74 Å². The van der Waals surface area contributed by atoms with Gasteiger partial charge in [0.05, 0.1) is 0 Å². The molecule has 0 bridgehead atoms. The highest BCUT2D eigenvalue weighted by atomic mass is 19.3. The first-order chi connectivity index (χ1) is 4.29. The first kappa shape index (κ1) is 6.00. The summed E-state index contributed by atoms with van der Waals surface area (Å²) in [5, 5.41) is 0. The highest BCUT2D eigenvalue weighted by Gasteiger charge is 2.03. The number of H-pyrrole nitrogens is 1. The van der Waals surface area contributed by atoms with Crippen molar-refractivity contribution in [2.45, 2.75) is 6.61 Å². The van der Waals surface area contributed by atoms with Gasteiger partial charge in [-0.25, -0.2) is 0 Å². The molecule has 3 nitrogen and oxygen atoms in total. The van der Waals surface area contributed by atoms with E-state index in [4.69, 9.17) is 0 Å². The highest BCUT2D eigenvalue weighted by molar-refractivity contribution is 4.90. The molecule has 0 aliphatic heterocycles. The zero-order valence-corrected chi connectivity index (χ0v) is 4.27. The van der Waals surface area contributed by atoms with Gasteiger partial charge in [0.15, 0.2) is 0 Å². The third-order valence-electron chi connectivity index (χ3n) is 0.627. The van der Waals surface area contributed by atoms with Gasteiger partial charge in [0.2, 0.25) is 0 Å². The summed E-state index contributed by atoms with van der Waals surface area (Å²) in [4.78, 5) is 5.57. The van der Waals surface area contributed by atoms with Crippen molar-refractivity contribution in [2.75, 3.05) is 0 Å². The molecule has 0 aliphatic rings.